The number of nitrogens with zero attached hydrogens (tertiary/aromatic N) is 2. The number of nitrogens with one attached hydrogen (secondary N) is 2. The SMILES string of the molecule is COC(=O)[C@H](Cc1c[nH]c2ccccc12)N=Cc1c(O)n(-c2ccc(I)cc2)c(=O)[nH]c1=O. The average Bonchev–Trinajstić information content (AvgIpc) is 3.21. The summed E-state index contributed by atoms with van der Waals surface area (Å²) in [6.07, 6.45) is 3.09. The van der Waals surface area contributed by atoms with Gasteiger partial charge in [0.05, 0.1) is 12.8 Å². The smallest absolute Gasteiger partial charge is 0.335 e. The van der Waals surface area contributed by atoms with Crippen molar-refractivity contribution in [1.82, 2.24) is 14.5 Å². The molecule has 4 rings (SSSR count). The number of benzene rings is 2. The zero-order chi connectivity index (χ0) is 23.5. The molecule has 0 amide bonds. The van der Waals surface area contributed by atoms with Crippen molar-refractivity contribution in [3.8, 4) is 11.6 Å². The molecule has 3 N–H and O–H groups in total. The third-order valence-electron chi connectivity index (χ3n) is 5.15. The number of aromatic amines is 2. The monoisotopic (exact) mass is 558 g/mol. The number of carbonyl (C=O) groups is 1. The number of aliphatic imine (C=N–C) groups is 1. The third kappa shape index (κ3) is 4.60. The molecule has 0 fully saturated rings. The van der Waals surface area contributed by atoms with Gasteiger partial charge in [0.25, 0.3) is 5.56 Å². The number of carbonyl (C=O) groups excluding carboxylic acids is 1. The van der Waals surface area contributed by atoms with Crippen molar-refractivity contribution in [3.63, 3.8) is 0 Å². The maximum atomic E-state index is 12.4. The predicted octanol–water partition coefficient (Wildman–Crippen LogP) is 2.52. The average molecular weight is 558 g/mol. The minimum atomic E-state index is -0.966. The number of para-hydroxylation sites is 1. The van der Waals surface area contributed by atoms with Crippen molar-refractivity contribution < 1.29 is 14.6 Å². The second-order valence-corrected chi connectivity index (χ2v) is 8.43. The van der Waals surface area contributed by atoms with E-state index in [0.717, 1.165) is 30.8 Å². The highest BCUT2D eigenvalue weighted by molar-refractivity contribution is 14.1. The summed E-state index contributed by atoms with van der Waals surface area (Å²) >= 11 is 2.11. The molecule has 33 heavy (non-hydrogen) atoms. The quantitative estimate of drug-likeness (QED) is 0.190. The number of aromatic hydroxyl groups is 1. The van der Waals surface area contributed by atoms with Crippen LogP contribution in [0, 0.1) is 3.57 Å². The second kappa shape index (κ2) is 9.45. The summed E-state index contributed by atoms with van der Waals surface area (Å²) in [6, 6.07) is 13.5. The number of aromatic nitrogens is 3. The maximum absolute atomic E-state index is 12.4. The van der Waals surface area contributed by atoms with Gasteiger partial charge in [0.2, 0.25) is 5.88 Å². The minimum Gasteiger partial charge on any atom is -0.493 e. The first-order valence-electron chi connectivity index (χ1n) is 9.89. The van der Waals surface area contributed by atoms with Gasteiger partial charge >= 0.3 is 11.7 Å². The van der Waals surface area contributed by atoms with Crippen LogP contribution in [0.4, 0.5) is 0 Å². The summed E-state index contributed by atoms with van der Waals surface area (Å²) in [6.45, 7) is 0. The highest BCUT2D eigenvalue weighted by Crippen LogP contribution is 2.21. The first-order valence-corrected chi connectivity index (χ1v) is 11.0. The summed E-state index contributed by atoms with van der Waals surface area (Å²) in [4.78, 5) is 46.7. The molecule has 168 valence electrons. The van der Waals surface area contributed by atoms with Crippen LogP contribution >= 0.6 is 22.6 Å². The van der Waals surface area contributed by atoms with Crippen LogP contribution in [-0.2, 0) is 16.0 Å². The van der Waals surface area contributed by atoms with E-state index in [1.807, 2.05) is 24.3 Å². The van der Waals surface area contributed by atoms with Crippen molar-refractivity contribution >= 4 is 45.7 Å². The second-order valence-electron chi connectivity index (χ2n) is 7.19. The largest absolute Gasteiger partial charge is 0.493 e. The Bertz CT molecular complexity index is 1470. The van der Waals surface area contributed by atoms with Crippen molar-refractivity contribution in [1.29, 1.82) is 0 Å². The molecule has 1 atom stereocenters. The molecule has 9 nitrogen and oxygen atoms in total. The van der Waals surface area contributed by atoms with Crippen LogP contribution in [0.5, 0.6) is 5.88 Å². The molecule has 0 radical (unpaired) electrons. The number of rotatable bonds is 6. The molecule has 0 aliphatic carbocycles. The van der Waals surface area contributed by atoms with Crippen LogP contribution in [0.25, 0.3) is 16.6 Å². The van der Waals surface area contributed by atoms with E-state index in [2.05, 4.69) is 37.6 Å². The van der Waals surface area contributed by atoms with E-state index in [9.17, 15) is 19.5 Å². The Labute approximate surface area is 200 Å². The highest BCUT2D eigenvalue weighted by atomic mass is 127. The third-order valence-corrected chi connectivity index (χ3v) is 5.87. The molecule has 2 aromatic heterocycles. The Morgan fingerprint density at radius 2 is 1.94 bits per heavy atom. The van der Waals surface area contributed by atoms with Gasteiger partial charge in [0, 0.05) is 33.3 Å². The zero-order valence-electron chi connectivity index (χ0n) is 17.4. The fraction of sp³-hybridized carbons (Fsp3) is 0.130. The minimum absolute atomic E-state index is 0.211. The fourth-order valence-electron chi connectivity index (χ4n) is 3.49. The number of fused-ring (bicyclic) bond motifs is 1. The Kier molecular flexibility index (Phi) is 6.45. The summed E-state index contributed by atoms with van der Waals surface area (Å²) < 4.78 is 6.78. The lowest BCUT2D eigenvalue weighted by molar-refractivity contribution is -0.142. The van der Waals surface area contributed by atoms with E-state index in [1.54, 1.807) is 30.5 Å². The van der Waals surface area contributed by atoms with E-state index < -0.39 is 29.1 Å². The first-order chi connectivity index (χ1) is 15.9. The number of halogens is 1. The summed E-state index contributed by atoms with van der Waals surface area (Å²) in [5, 5.41) is 11.6. The molecule has 2 heterocycles. The van der Waals surface area contributed by atoms with Crippen LogP contribution in [0.2, 0.25) is 0 Å². The summed E-state index contributed by atoms with van der Waals surface area (Å²) in [5.74, 6) is -1.18. The van der Waals surface area contributed by atoms with Gasteiger partial charge in [-0.3, -0.25) is 14.8 Å². The number of H-pyrrole nitrogens is 2. The lowest BCUT2D eigenvalue weighted by atomic mass is 10.1. The maximum Gasteiger partial charge on any atom is 0.335 e. The van der Waals surface area contributed by atoms with Crippen molar-refractivity contribution in [2.45, 2.75) is 12.5 Å². The Morgan fingerprint density at radius 3 is 2.67 bits per heavy atom. The van der Waals surface area contributed by atoms with Gasteiger partial charge in [0.1, 0.15) is 5.56 Å². The number of ether oxygens (including phenoxy) is 1. The van der Waals surface area contributed by atoms with Crippen LogP contribution in [0.15, 0.2) is 69.3 Å². The summed E-state index contributed by atoms with van der Waals surface area (Å²) in [5.41, 5.74) is 0.268. The Morgan fingerprint density at radius 1 is 1.21 bits per heavy atom. The lowest BCUT2D eigenvalue weighted by Gasteiger charge is -2.11. The number of hydrogen-bond donors (Lipinski definition) is 3. The molecule has 0 bridgehead atoms. The normalized spacial score (nSPS) is 12.3. The van der Waals surface area contributed by atoms with E-state index in [0.29, 0.717) is 5.69 Å². The first kappa shape index (κ1) is 22.5. The topological polar surface area (TPSA) is 130 Å². The van der Waals surface area contributed by atoms with Crippen molar-refractivity contribution in [3.05, 3.63) is 90.3 Å². The van der Waals surface area contributed by atoms with E-state index >= 15 is 0 Å². The molecule has 0 saturated heterocycles. The molecule has 2 aromatic carbocycles. The summed E-state index contributed by atoms with van der Waals surface area (Å²) in [7, 11) is 1.25. The van der Waals surface area contributed by atoms with E-state index in [-0.39, 0.29) is 12.0 Å². The molecule has 0 aliphatic heterocycles. The van der Waals surface area contributed by atoms with Crippen molar-refractivity contribution in [2.24, 2.45) is 4.99 Å². The number of hydrogen-bond acceptors (Lipinski definition) is 6. The fourth-order valence-corrected chi connectivity index (χ4v) is 3.85. The Balaban J connectivity index is 1.72. The van der Waals surface area contributed by atoms with Crippen LogP contribution in [-0.4, -0.2) is 45.0 Å². The van der Waals surface area contributed by atoms with Crippen LogP contribution in [0.1, 0.15) is 11.1 Å². The molecule has 0 aliphatic rings. The van der Waals surface area contributed by atoms with Gasteiger partial charge in [-0.2, -0.15) is 0 Å². The predicted molar refractivity (Wildman–Crippen MR) is 132 cm³/mol. The van der Waals surface area contributed by atoms with E-state index in [1.165, 1.54) is 7.11 Å². The van der Waals surface area contributed by atoms with Gasteiger partial charge < -0.3 is 14.8 Å². The lowest BCUT2D eigenvalue weighted by Crippen LogP contribution is -2.31. The Hall–Kier alpha value is -3.67. The molecular formula is C23H19IN4O5. The van der Waals surface area contributed by atoms with Crippen LogP contribution in [0.3, 0.4) is 0 Å². The van der Waals surface area contributed by atoms with Gasteiger partial charge in [-0.15, -0.1) is 0 Å². The standard InChI is InChI=1S/C23H19IN4O5/c1-33-22(31)19(10-13-11-25-18-5-3-2-4-16(13)18)26-12-17-20(29)27-23(32)28(21(17)30)15-8-6-14(24)7-9-15/h2-9,11-12,19,25,30H,10H2,1H3,(H,27,29,32)/t19-/m0/s1. The van der Waals surface area contributed by atoms with Crippen LogP contribution < -0.4 is 11.2 Å². The van der Waals surface area contributed by atoms with Gasteiger partial charge in [-0.1, -0.05) is 18.2 Å². The van der Waals surface area contributed by atoms with Gasteiger partial charge in [-0.05, 0) is 58.5 Å². The van der Waals surface area contributed by atoms with Gasteiger partial charge in [-0.25, -0.2) is 14.2 Å². The molecular weight excluding hydrogens is 539 g/mol. The van der Waals surface area contributed by atoms with E-state index in [4.69, 9.17) is 4.74 Å². The number of methoxy groups -OCH3 is 1. The molecule has 0 spiro atoms. The van der Waals surface area contributed by atoms with Crippen molar-refractivity contribution in [2.75, 3.05) is 7.11 Å². The molecule has 0 saturated carbocycles. The highest BCUT2D eigenvalue weighted by Gasteiger charge is 2.21. The molecule has 0 unspecified atom stereocenters. The number of esters is 1. The zero-order valence-corrected chi connectivity index (χ0v) is 19.6. The molecule has 10 heteroatoms. The molecule has 4 aromatic rings. The van der Waals surface area contributed by atoms with Gasteiger partial charge in [0.15, 0.2) is 6.04 Å².